The Kier molecular flexibility index (Phi) is 7.15. The van der Waals surface area contributed by atoms with Crippen LogP contribution in [0, 0.1) is 28.7 Å². The van der Waals surface area contributed by atoms with E-state index in [-0.39, 0.29) is 46.3 Å². The molecule has 0 amide bonds. The van der Waals surface area contributed by atoms with Crippen molar-refractivity contribution < 1.29 is 42.7 Å². The summed E-state index contributed by atoms with van der Waals surface area (Å²) in [5.74, 6) is 0.231. The van der Waals surface area contributed by atoms with E-state index < -0.39 is 9.84 Å². The Morgan fingerprint density at radius 2 is 1.83 bits per heavy atom. The maximum absolute atomic E-state index is 12.4. The van der Waals surface area contributed by atoms with Crippen LogP contribution in [-0.2, 0) is 14.6 Å². The Balaban J connectivity index is 0.00000288. The minimum Gasteiger partial charge on any atom is -0.495 e. The molecular formula is C16H12N3NaO3S. The molecule has 24 heavy (non-hydrogen) atoms. The Labute approximate surface area is 163 Å². The summed E-state index contributed by atoms with van der Waals surface area (Å²) in [4.78, 5) is 1.44. The Morgan fingerprint density at radius 3 is 2.38 bits per heavy atom. The predicted molar refractivity (Wildman–Crippen MR) is 82.3 cm³/mol. The van der Waals surface area contributed by atoms with E-state index >= 15 is 0 Å². The molecule has 6 nitrogen and oxygen atoms in total. The van der Waals surface area contributed by atoms with Crippen molar-refractivity contribution in [1.29, 1.82) is 10.5 Å². The molecule has 0 aliphatic carbocycles. The quantitative estimate of drug-likeness (QED) is 0.524. The summed E-state index contributed by atoms with van der Waals surface area (Å²) in [6.45, 7) is 0. The van der Waals surface area contributed by atoms with E-state index in [0.717, 1.165) is 5.41 Å². The largest absolute Gasteiger partial charge is 1.00 e. The Bertz CT molecular complexity index is 848. The van der Waals surface area contributed by atoms with Crippen molar-refractivity contribution in [3.8, 4) is 12.1 Å². The van der Waals surface area contributed by atoms with Crippen LogP contribution in [0.1, 0.15) is 0 Å². The van der Waals surface area contributed by atoms with Gasteiger partial charge in [0.1, 0.15) is 5.76 Å². The van der Waals surface area contributed by atoms with Crippen LogP contribution in [0.25, 0.3) is 0 Å². The van der Waals surface area contributed by atoms with Crippen molar-refractivity contribution in [1.82, 2.24) is 4.90 Å². The van der Waals surface area contributed by atoms with Gasteiger partial charge in [-0.2, -0.15) is 0 Å². The monoisotopic (exact) mass is 349 g/mol. The summed E-state index contributed by atoms with van der Waals surface area (Å²) in [5, 5.41) is 18.8. The molecule has 116 valence electrons. The number of sulfone groups is 1. The molecule has 0 bridgehead atoms. The zero-order valence-corrected chi connectivity index (χ0v) is 16.0. The number of allylic oxidation sites excluding steroid dienone is 1. The Hall–Kier alpha value is -2.16. The van der Waals surface area contributed by atoms with Crippen LogP contribution in [0.3, 0.4) is 0 Å². The smallest absolute Gasteiger partial charge is 0.495 e. The maximum atomic E-state index is 12.4. The molecule has 1 aliphatic rings. The predicted octanol–water partition coefficient (Wildman–Crippen LogP) is -0.756. The van der Waals surface area contributed by atoms with Crippen molar-refractivity contribution in [3.05, 3.63) is 71.6 Å². The van der Waals surface area contributed by atoms with Crippen LogP contribution in [0.2, 0.25) is 0 Å². The topological polar surface area (TPSA) is 94.2 Å². The fourth-order valence-corrected chi connectivity index (χ4v) is 3.08. The van der Waals surface area contributed by atoms with Crippen LogP contribution in [0.5, 0.6) is 0 Å². The first kappa shape index (κ1) is 19.9. The molecule has 2 rings (SSSR count). The van der Waals surface area contributed by atoms with E-state index in [0.29, 0.717) is 5.57 Å². The van der Waals surface area contributed by atoms with Crippen molar-refractivity contribution in [2.75, 3.05) is 7.11 Å². The molecule has 0 N–H and O–H groups in total. The zero-order chi connectivity index (χ0) is 16.9. The number of hydrogen-bond donors (Lipinski definition) is 0. The normalized spacial score (nSPS) is 14.9. The first-order chi connectivity index (χ1) is 11.0. The molecule has 0 fully saturated rings. The average Bonchev–Trinajstić information content (AvgIpc) is 2.57. The van der Waals surface area contributed by atoms with Gasteiger partial charge in [-0.1, -0.05) is 36.4 Å². The molecule has 1 heterocycles. The SMILES string of the molecule is COC1=CN([C-](C#N)C#N)C=C/C1=C\S(=O)(=O)c1ccccc1.[Na+]. The van der Waals surface area contributed by atoms with Crippen LogP contribution in [0.4, 0.5) is 0 Å². The second kappa shape index (κ2) is 8.62. The summed E-state index contributed by atoms with van der Waals surface area (Å²) in [7, 11) is -2.26. The van der Waals surface area contributed by atoms with E-state index in [9.17, 15) is 8.42 Å². The number of nitrogens with zero attached hydrogens (tertiary/aromatic N) is 3. The fraction of sp³-hybridized carbons (Fsp3) is 0.0625. The van der Waals surface area contributed by atoms with Gasteiger partial charge in [-0.15, -0.1) is 0 Å². The van der Waals surface area contributed by atoms with Gasteiger partial charge in [0.25, 0.3) is 0 Å². The number of hydrogen-bond acceptors (Lipinski definition) is 6. The van der Waals surface area contributed by atoms with Crippen LogP contribution < -0.4 is 29.6 Å². The molecule has 1 aliphatic heterocycles. The van der Waals surface area contributed by atoms with Crippen LogP contribution >= 0.6 is 0 Å². The van der Waals surface area contributed by atoms with E-state index in [4.69, 9.17) is 15.3 Å². The molecule has 0 aromatic heterocycles. The maximum Gasteiger partial charge on any atom is 1.00 e. The van der Waals surface area contributed by atoms with Crippen molar-refractivity contribution in [2.45, 2.75) is 4.90 Å². The fourth-order valence-electron chi connectivity index (χ4n) is 1.88. The van der Waals surface area contributed by atoms with E-state index in [1.165, 1.54) is 42.6 Å². The zero-order valence-electron chi connectivity index (χ0n) is 13.2. The van der Waals surface area contributed by atoms with Gasteiger partial charge in [0.2, 0.25) is 9.84 Å². The first-order valence-corrected chi connectivity index (χ1v) is 7.98. The van der Waals surface area contributed by atoms with E-state index in [1.807, 2.05) is 0 Å². The van der Waals surface area contributed by atoms with Gasteiger partial charge in [-0.3, -0.25) is 0 Å². The number of methoxy groups -OCH3 is 1. The van der Waals surface area contributed by atoms with Gasteiger partial charge in [0.05, 0.1) is 12.0 Å². The van der Waals surface area contributed by atoms with E-state index in [2.05, 4.69) is 0 Å². The number of rotatable bonds is 4. The standard InChI is InChI=1S/C16H12N3O3S.Na/c1-22-16-11-19(14(9-17)10-18)8-7-13(16)12-23(20,21)15-5-3-2-4-6-15;/h2-8,11-12H,1H3;/q-1;+1/b13-12+;. The Morgan fingerprint density at radius 1 is 1.21 bits per heavy atom. The van der Waals surface area contributed by atoms with Crippen molar-refractivity contribution in [3.63, 3.8) is 0 Å². The minimum atomic E-state index is -3.64. The third-order valence-corrected chi connectivity index (χ3v) is 4.49. The van der Waals surface area contributed by atoms with Crippen LogP contribution in [0.15, 0.2) is 70.4 Å². The molecule has 0 saturated carbocycles. The van der Waals surface area contributed by atoms with E-state index in [1.54, 1.807) is 30.3 Å². The van der Waals surface area contributed by atoms with Crippen molar-refractivity contribution >= 4 is 9.84 Å². The first-order valence-electron chi connectivity index (χ1n) is 6.43. The number of nitriles is 2. The molecule has 8 heteroatoms. The molecule has 0 unspecified atom stereocenters. The van der Waals surface area contributed by atoms with Crippen LogP contribution in [-0.4, -0.2) is 20.4 Å². The summed E-state index contributed by atoms with van der Waals surface area (Å²) in [5.41, 5.74) is 0.322. The molecule has 1 aromatic carbocycles. The van der Waals surface area contributed by atoms with Gasteiger partial charge in [-0.05, 0) is 24.4 Å². The van der Waals surface area contributed by atoms with Gasteiger partial charge in [0, 0.05) is 17.2 Å². The number of ether oxygens (including phenoxy) is 1. The molecule has 0 spiro atoms. The molecule has 0 saturated heterocycles. The second-order valence-electron chi connectivity index (χ2n) is 4.42. The summed E-state index contributed by atoms with van der Waals surface area (Å²) in [6.07, 6.45) is 4.28. The minimum absolute atomic E-state index is 0. The van der Waals surface area contributed by atoms with Gasteiger partial charge < -0.3 is 9.64 Å². The third kappa shape index (κ3) is 4.44. The second-order valence-corrected chi connectivity index (χ2v) is 6.22. The van der Waals surface area contributed by atoms with Crippen molar-refractivity contribution in [2.24, 2.45) is 0 Å². The summed E-state index contributed by atoms with van der Waals surface area (Å²) in [6, 6.07) is 11.3. The van der Waals surface area contributed by atoms with Gasteiger partial charge >= 0.3 is 29.6 Å². The molecular weight excluding hydrogens is 337 g/mol. The van der Waals surface area contributed by atoms with Gasteiger partial charge in [0.15, 0.2) is 0 Å². The summed E-state index contributed by atoms with van der Waals surface area (Å²) < 4.78 is 29.9. The molecule has 0 atom stereocenters. The van der Waals surface area contributed by atoms with Gasteiger partial charge in [-0.25, -0.2) is 18.9 Å². The third-order valence-electron chi connectivity index (χ3n) is 3.00. The summed E-state index contributed by atoms with van der Waals surface area (Å²) >= 11 is 0. The number of benzene rings is 1. The molecule has 1 aromatic rings. The average molecular weight is 349 g/mol. The molecule has 0 radical (unpaired) electrons.